The molecule has 0 spiro atoms. The second kappa shape index (κ2) is 8.52. The van der Waals surface area contributed by atoms with Gasteiger partial charge in [0.2, 0.25) is 0 Å². The quantitative estimate of drug-likeness (QED) is 0.533. The number of imide groups is 1. The first-order valence-corrected chi connectivity index (χ1v) is 10.6. The van der Waals surface area contributed by atoms with E-state index in [-0.39, 0.29) is 11.6 Å². The maximum atomic E-state index is 13.6. The van der Waals surface area contributed by atoms with Gasteiger partial charge in [0.1, 0.15) is 5.70 Å². The molecule has 3 aromatic carbocycles. The average Bonchev–Trinajstić information content (AvgIpc) is 3.01. The third-order valence-corrected chi connectivity index (χ3v) is 5.85. The maximum absolute atomic E-state index is 13.6. The summed E-state index contributed by atoms with van der Waals surface area (Å²) in [4.78, 5) is 30.3. The van der Waals surface area contributed by atoms with Gasteiger partial charge in [-0.05, 0) is 73.0 Å². The van der Waals surface area contributed by atoms with Crippen molar-refractivity contribution in [1.29, 1.82) is 0 Å². The van der Waals surface area contributed by atoms with Crippen LogP contribution in [0.25, 0.3) is 5.57 Å². The molecular weight excluding hydrogens is 422 g/mol. The third kappa shape index (κ3) is 3.99. The summed E-state index contributed by atoms with van der Waals surface area (Å²) in [6.07, 6.45) is 0. The van der Waals surface area contributed by atoms with Crippen LogP contribution in [0.15, 0.2) is 72.4 Å². The molecule has 3 aromatic rings. The van der Waals surface area contributed by atoms with E-state index in [0.29, 0.717) is 21.8 Å². The zero-order valence-corrected chi connectivity index (χ0v) is 19.2. The van der Waals surface area contributed by atoms with Crippen LogP contribution in [0.2, 0.25) is 5.02 Å². The maximum Gasteiger partial charge on any atom is 0.282 e. The lowest BCUT2D eigenvalue weighted by atomic mass is 10.0. The molecule has 0 radical (unpaired) electrons. The summed E-state index contributed by atoms with van der Waals surface area (Å²) in [5.41, 5.74) is 5.61. The van der Waals surface area contributed by atoms with Gasteiger partial charge in [-0.2, -0.15) is 0 Å². The molecule has 0 aromatic heterocycles. The molecule has 0 fully saturated rings. The van der Waals surface area contributed by atoms with Gasteiger partial charge >= 0.3 is 0 Å². The van der Waals surface area contributed by atoms with Crippen LogP contribution in [0.3, 0.4) is 0 Å². The highest BCUT2D eigenvalue weighted by molar-refractivity contribution is 6.46. The van der Waals surface area contributed by atoms with Crippen molar-refractivity contribution in [2.45, 2.75) is 13.8 Å². The van der Waals surface area contributed by atoms with Gasteiger partial charge in [0.25, 0.3) is 11.8 Å². The molecule has 1 N–H and O–H groups in total. The SMILES string of the molecule is Cc1ccc(NC2=C(c3ccc(Cl)cc3)C(=O)N(c3cccc(N(C)C)c3)C2=O)cc1C. The Bertz CT molecular complexity index is 1250. The molecule has 162 valence electrons. The van der Waals surface area contributed by atoms with Gasteiger partial charge < -0.3 is 10.2 Å². The van der Waals surface area contributed by atoms with Gasteiger partial charge in [0, 0.05) is 30.5 Å². The van der Waals surface area contributed by atoms with Crippen molar-refractivity contribution in [3.05, 3.63) is 94.1 Å². The average molecular weight is 446 g/mol. The summed E-state index contributed by atoms with van der Waals surface area (Å²) in [6, 6.07) is 20.1. The number of aryl methyl sites for hydroxylation is 2. The lowest BCUT2D eigenvalue weighted by Crippen LogP contribution is -2.32. The van der Waals surface area contributed by atoms with Crippen LogP contribution in [-0.2, 0) is 9.59 Å². The zero-order chi connectivity index (χ0) is 23.0. The Balaban J connectivity index is 1.82. The smallest absolute Gasteiger partial charge is 0.282 e. The standard InChI is InChI=1S/C26H24ClN3O2/c1-16-8-13-20(14-17(16)2)28-24-23(18-9-11-19(27)12-10-18)25(31)30(26(24)32)22-7-5-6-21(15-22)29(3)4/h5-15,28H,1-4H3. The highest BCUT2D eigenvalue weighted by Gasteiger charge is 2.40. The third-order valence-electron chi connectivity index (χ3n) is 5.60. The molecule has 0 atom stereocenters. The summed E-state index contributed by atoms with van der Waals surface area (Å²) in [5.74, 6) is -0.770. The number of rotatable bonds is 5. The lowest BCUT2D eigenvalue weighted by Gasteiger charge is -2.19. The molecule has 6 heteroatoms. The molecule has 1 aliphatic rings. The first-order chi connectivity index (χ1) is 15.3. The molecule has 0 unspecified atom stereocenters. The van der Waals surface area contributed by atoms with Gasteiger partial charge in [0.15, 0.2) is 0 Å². The van der Waals surface area contributed by atoms with Crippen molar-refractivity contribution < 1.29 is 9.59 Å². The van der Waals surface area contributed by atoms with Crippen molar-refractivity contribution >= 4 is 46.1 Å². The Labute approximate surface area is 192 Å². The highest BCUT2D eigenvalue weighted by Crippen LogP contribution is 2.35. The van der Waals surface area contributed by atoms with Gasteiger partial charge in [-0.3, -0.25) is 9.59 Å². The van der Waals surface area contributed by atoms with E-state index in [1.165, 1.54) is 4.90 Å². The molecule has 4 rings (SSSR count). The Morgan fingerprint density at radius 2 is 1.56 bits per heavy atom. The highest BCUT2D eigenvalue weighted by atomic mass is 35.5. The number of benzene rings is 3. The summed E-state index contributed by atoms with van der Waals surface area (Å²) in [5, 5.41) is 3.77. The Morgan fingerprint density at radius 3 is 2.22 bits per heavy atom. The predicted octanol–water partition coefficient (Wildman–Crippen LogP) is 5.42. The molecular formula is C26H24ClN3O2. The number of hydrogen-bond acceptors (Lipinski definition) is 4. The van der Waals surface area contributed by atoms with Gasteiger partial charge in [-0.15, -0.1) is 0 Å². The fourth-order valence-corrected chi connectivity index (χ4v) is 3.76. The van der Waals surface area contributed by atoms with E-state index < -0.39 is 5.91 Å². The molecule has 1 heterocycles. The molecule has 0 bridgehead atoms. The number of nitrogens with one attached hydrogen (secondary N) is 1. The van der Waals surface area contributed by atoms with Crippen LogP contribution in [0.5, 0.6) is 0 Å². The molecule has 2 amide bonds. The number of carbonyl (C=O) groups excluding carboxylic acids is 2. The second-order valence-electron chi connectivity index (χ2n) is 8.04. The summed E-state index contributed by atoms with van der Waals surface area (Å²) in [7, 11) is 3.83. The van der Waals surface area contributed by atoms with Crippen LogP contribution in [0.4, 0.5) is 17.1 Å². The molecule has 0 saturated carbocycles. The van der Waals surface area contributed by atoms with E-state index >= 15 is 0 Å². The van der Waals surface area contributed by atoms with Crippen LogP contribution in [0, 0.1) is 13.8 Å². The first kappa shape index (κ1) is 21.7. The molecule has 1 aliphatic heterocycles. The van der Waals surface area contributed by atoms with Crippen molar-refractivity contribution in [3.8, 4) is 0 Å². The number of carbonyl (C=O) groups is 2. The van der Waals surface area contributed by atoms with Crippen molar-refractivity contribution in [2.75, 3.05) is 29.2 Å². The first-order valence-electron chi connectivity index (χ1n) is 10.3. The van der Waals surface area contributed by atoms with Crippen molar-refractivity contribution in [2.24, 2.45) is 0 Å². The Hall–Kier alpha value is -3.57. The van der Waals surface area contributed by atoms with Gasteiger partial charge in [-0.1, -0.05) is 35.9 Å². The summed E-state index contributed by atoms with van der Waals surface area (Å²) in [6.45, 7) is 4.04. The molecule has 0 saturated heterocycles. The van der Waals surface area contributed by atoms with E-state index in [4.69, 9.17) is 11.6 Å². The van der Waals surface area contributed by atoms with Gasteiger partial charge in [0.05, 0.1) is 11.3 Å². The minimum atomic E-state index is -0.394. The molecule has 0 aliphatic carbocycles. The lowest BCUT2D eigenvalue weighted by molar-refractivity contribution is -0.120. The van der Waals surface area contributed by atoms with Crippen LogP contribution in [-0.4, -0.2) is 25.9 Å². The number of halogens is 1. The van der Waals surface area contributed by atoms with E-state index in [0.717, 1.165) is 22.5 Å². The van der Waals surface area contributed by atoms with Gasteiger partial charge in [-0.25, -0.2) is 4.90 Å². The van der Waals surface area contributed by atoms with Crippen LogP contribution < -0.4 is 15.1 Å². The normalized spacial score (nSPS) is 13.7. The summed E-state index contributed by atoms with van der Waals surface area (Å²) >= 11 is 6.05. The Morgan fingerprint density at radius 1 is 0.844 bits per heavy atom. The van der Waals surface area contributed by atoms with Crippen LogP contribution in [0.1, 0.15) is 16.7 Å². The van der Waals surface area contributed by atoms with Crippen molar-refractivity contribution in [1.82, 2.24) is 0 Å². The van der Waals surface area contributed by atoms with Crippen molar-refractivity contribution in [3.63, 3.8) is 0 Å². The largest absolute Gasteiger partial charge is 0.378 e. The predicted molar refractivity (Wildman–Crippen MR) is 131 cm³/mol. The monoisotopic (exact) mass is 445 g/mol. The fourth-order valence-electron chi connectivity index (χ4n) is 3.64. The second-order valence-corrected chi connectivity index (χ2v) is 8.48. The minimum Gasteiger partial charge on any atom is -0.378 e. The number of hydrogen-bond donors (Lipinski definition) is 1. The molecule has 5 nitrogen and oxygen atoms in total. The Kier molecular flexibility index (Phi) is 5.76. The van der Waals surface area contributed by atoms with E-state index in [1.807, 2.05) is 69.2 Å². The van der Waals surface area contributed by atoms with E-state index in [9.17, 15) is 9.59 Å². The van der Waals surface area contributed by atoms with E-state index in [2.05, 4.69) is 5.32 Å². The summed E-state index contributed by atoms with van der Waals surface area (Å²) < 4.78 is 0. The zero-order valence-electron chi connectivity index (χ0n) is 18.4. The number of nitrogens with zero attached hydrogens (tertiary/aromatic N) is 2. The fraction of sp³-hybridized carbons (Fsp3) is 0.154. The number of amides is 2. The van der Waals surface area contributed by atoms with Crippen LogP contribution >= 0.6 is 11.6 Å². The molecule has 32 heavy (non-hydrogen) atoms. The van der Waals surface area contributed by atoms with E-state index in [1.54, 1.807) is 30.3 Å². The minimum absolute atomic E-state index is 0.246. The number of anilines is 3. The topological polar surface area (TPSA) is 52.7 Å².